The fourth-order valence-corrected chi connectivity index (χ4v) is 2.85. The van der Waals surface area contributed by atoms with Gasteiger partial charge in [0.2, 0.25) is 0 Å². The summed E-state index contributed by atoms with van der Waals surface area (Å²) < 4.78 is 11.2. The zero-order valence-corrected chi connectivity index (χ0v) is 13.0. The van der Waals surface area contributed by atoms with E-state index in [0.717, 1.165) is 29.0 Å². The van der Waals surface area contributed by atoms with Crippen molar-refractivity contribution in [2.45, 2.75) is 45.4 Å². The Kier molecular flexibility index (Phi) is 4.73. The van der Waals surface area contributed by atoms with Crippen LogP contribution in [-0.2, 0) is 17.8 Å². The van der Waals surface area contributed by atoms with Crippen molar-refractivity contribution < 1.29 is 19.4 Å². The van der Waals surface area contributed by atoms with E-state index < -0.39 is 12.0 Å². The zero-order valence-electron chi connectivity index (χ0n) is 13.0. The van der Waals surface area contributed by atoms with E-state index in [4.69, 9.17) is 9.47 Å². The number of rotatable bonds is 6. The Labute approximate surface area is 125 Å². The Morgan fingerprint density at radius 2 is 2.29 bits per heavy atom. The number of ether oxygens (including phenoxy) is 2. The number of methoxy groups -OCH3 is 1. The fraction of sp³-hybridized carbons (Fsp3) is 0.562. The summed E-state index contributed by atoms with van der Waals surface area (Å²) in [5.74, 6) is 0.874. The average molecular weight is 293 g/mol. The maximum Gasteiger partial charge on any atom is 0.320 e. The van der Waals surface area contributed by atoms with Gasteiger partial charge in [0, 0.05) is 24.1 Å². The molecule has 0 bridgehead atoms. The molecule has 0 saturated carbocycles. The molecule has 0 spiro atoms. The zero-order chi connectivity index (χ0) is 15.6. The number of hydrogen-bond donors (Lipinski definition) is 1. The Morgan fingerprint density at radius 1 is 1.57 bits per heavy atom. The van der Waals surface area contributed by atoms with E-state index in [1.807, 2.05) is 37.9 Å². The van der Waals surface area contributed by atoms with Gasteiger partial charge in [0.1, 0.15) is 23.6 Å². The van der Waals surface area contributed by atoms with Crippen LogP contribution in [-0.4, -0.2) is 42.3 Å². The Balaban J connectivity index is 2.23. The second-order valence-corrected chi connectivity index (χ2v) is 5.58. The topological polar surface area (TPSA) is 59.0 Å². The van der Waals surface area contributed by atoms with Crippen LogP contribution in [0.3, 0.4) is 0 Å². The van der Waals surface area contributed by atoms with Crippen LogP contribution >= 0.6 is 0 Å². The molecule has 1 N–H and O–H groups in total. The molecule has 2 unspecified atom stereocenters. The predicted molar refractivity (Wildman–Crippen MR) is 80.0 cm³/mol. The van der Waals surface area contributed by atoms with Gasteiger partial charge in [0.05, 0.1) is 7.11 Å². The molecular weight excluding hydrogens is 270 g/mol. The van der Waals surface area contributed by atoms with E-state index in [9.17, 15) is 9.90 Å². The molecule has 0 radical (unpaired) electrons. The molecule has 5 heteroatoms. The Bertz CT molecular complexity index is 529. The van der Waals surface area contributed by atoms with Gasteiger partial charge in [-0.05, 0) is 32.5 Å². The summed E-state index contributed by atoms with van der Waals surface area (Å²) in [6.07, 6.45) is 1.63. The Hall–Kier alpha value is -1.75. The summed E-state index contributed by atoms with van der Waals surface area (Å²) in [5.41, 5.74) is 2.10. The van der Waals surface area contributed by atoms with Crippen molar-refractivity contribution in [3.05, 3.63) is 23.3 Å². The van der Waals surface area contributed by atoms with E-state index in [0.29, 0.717) is 13.0 Å². The van der Waals surface area contributed by atoms with Crippen molar-refractivity contribution in [1.29, 1.82) is 0 Å². The van der Waals surface area contributed by atoms with Crippen LogP contribution in [0.25, 0.3) is 0 Å². The van der Waals surface area contributed by atoms with Gasteiger partial charge in [-0.1, -0.05) is 6.92 Å². The molecule has 0 aliphatic carbocycles. The fourth-order valence-electron chi connectivity index (χ4n) is 2.85. The molecule has 0 fully saturated rings. The summed E-state index contributed by atoms with van der Waals surface area (Å²) in [4.78, 5) is 13.1. The maximum absolute atomic E-state index is 11.2. The number of carboxylic acids is 1. The monoisotopic (exact) mass is 293 g/mol. The number of carbonyl (C=O) groups is 1. The lowest BCUT2D eigenvalue weighted by Gasteiger charge is -2.24. The minimum Gasteiger partial charge on any atom is -0.496 e. The van der Waals surface area contributed by atoms with Crippen molar-refractivity contribution >= 4 is 5.97 Å². The second kappa shape index (κ2) is 6.35. The first-order valence-corrected chi connectivity index (χ1v) is 7.25. The molecular formula is C16H23NO4. The van der Waals surface area contributed by atoms with Crippen molar-refractivity contribution in [1.82, 2.24) is 4.90 Å². The smallest absolute Gasteiger partial charge is 0.320 e. The third-order valence-electron chi connectivity index (χ3n) is 3.92. The minimum atomic E-state index is -0.801. The SMILES string of the molecule is CCC(C(=O)O)N(C)Cc1cc2c(cc1OC)CC(C)O2. The van der Waals surface area contributed by atoms with E-state index >= 15 is 0 Å². The molecule has 116 valence electrons. The Morgan fingerprint density at radius 3 is 2.86 bits per heavy atom. The van der Waals surface area contributed by atoms with E-state index in [-0.39, 0.29) is 6.10 Å². The first kappa shape index (κ1) is 15.6. The van der Waals surface area contributed by atoms with Crippen LogP contribution in [0.2, 0.25) is 0 Å². The lowest BCUT2D eigenvalue weighted by Crippen LogP contribution is -2.37. The molecule has 1 aliphatic rings. The molecule has 2 rings (SSSR count). The van der Waals surface area contributed by atoms with Gasteiger partial charge in [-0.3, -0.25) is 9.69 Å². The van der Waals surface area contributed by atoms with Gasteiger partial charge in [0.15, 0.2) is 0 Å². The van der Waals surface area contributed by atoms with E-state index in [1.54, 1.807) is 7.11 Å². The third-order valence-corrected chi connectivity index (χ3v) is 3.92. The molecule has 0 amide bonds. The normalized spacial score (nSPS) is 18.2. The van der Waals surface area contributed by atoms with Crippen molar-refractivity contribution in [3.8, 4) is 11.5 Å². The standard InChI is InChI=1S/C16H23NO4/c1-5-13(16(18)19)17(3)9-12-8-15-11(6-10(2)21-15)7-14(12)20-4/h7-8,10,13H,5-6,9H2,1-4H3,(H,18,19). The lowest BCUT2D eigenvalue weighted by molar-refractivity contribution is -0.143. The quantitative estimate of drug-likeness (QED) is 0.872. The molecule has 21 heavy (non-hydrogen) atoms. The summed E-state index contributed by atoms with van der Waals surface area (Å²) >= 11 is 0. The first-order valence-electron chi connectivity index (χ1n) is 7.25. The summed E-state index contributed by atoms with van der Waals surface area (Å²) in [7, 11) is 3.46. The second-order valence-electron chi connectivity index (χ2n) is 5.58. The number of aliphatic carboxylic acids is 1. The number of fused-ring (bicyclic) bond motifs is 1. The van der Waals surface area contributed by atoms with Crippen LogP contribution < -0.4 is 9.47 Å². The molecule has 0 aromatic heterocycles. The van der Waals surface area contributed by atoms with Crippen LogP contribution in [0, 0.1) is 0 Å². The number of carboxylic acid groups (broad SMARTS) is 1. The van der Waals surface area contributed by atoms with E-state index in [1.165, 1.54) is 0 Å². The summed E-state index contributed by atoms with van der Waals surface area (Å²) in [6, 6.07) is 3.48. The third kappa shape index (κ3) is 3.29. The highest BCUT2D eigenvalue weighted by Crippen LogP contribution is 2.35. The van der Waals surface area contributed by atoms with Gasteiger partial charge in [-0.15, -0.1) is 0 Å². The number of likely N-dealkylation sites (N-methyl/N-ethyl adjacent to an activating group) is 1. The lowest BCUT2D eigenvalue weighted by atomic mass is 10.1. The van der Waals surface area contributed by atoms with Crippen LogP contribution in [0.1, 0.15) is 31.4 Å². The molecule has 1 aromatic carbocycles. The van der Waals surface area contributed by atoms with E-state index in [2.05, 4.69) is 0 Å². The van der Waals surface area contributed by atoms with Crippen molar-refractivity contribution in [2.24, 2.45) is 0 Å². The van der Waals surface area contributed by atoms with Gasteiger partial charge in [-0.2, -0.15) is 0 Å². The average Bonchev–Trinajstić information content (AvgIpc) is 2.77. The van der Waals surface area contributed by atoms with Gasteiger partial charge >= 0.3 is 5.97 Å². The number of nitrogens with zero attached hydrogens (tertiary/aromatic N) is 1. The number of hydrogen-bond acceptors (Lipinski definition) is 4. The molecule has 1 heterocycles. The van der Waals surface area contributed by atoms with Crippen molar-refractivity contribution in [3.63, 3.8) is 0 Å². The molecule has 2 atom stereocenters. The molecule has 1 aliphatic heterocycles. The predicted octanol–water partition coefficient (Wildman–Crippen LogP) is 2.31. The van der Waals surface area contributed by atoms with Gasteiger partial charge < -0.3 is 14.6 Å². The number of benzene rings is 1. The highest BCUT2D eigenvalue weighted by atomic mass is 16.5. The largest absolute Gasteiger partial charge is 0.496 e. The first-order chi connectivity index (χ1) is 9.96. The minimum absolute atomic E-state index is 0.181. The van der Waals surface area contributed by atoms with Crippen LogP contribution in [0.5, 0.6) is 11.5 Å². The molecule has 5 nitrogen and oxygen atoms in total. The molecule has 1 aromatic rings. The van der Waals surface area contributed by atoms with Crippen molar-refractivity contribution in [2.75, 3.05) is 14.2 Å². The van der Waals surface area contributed by atoms with Gasteiger partial charge in [0.25, 0.3) is 0 Å². The maximum atomic E-state index is 11.2. The summed E-state index contributed by atoms with van der Waals surface area (Å²) in [5, 5.41) is 9.24. The highest BCUT2D eigenvalue weighted by molar-refractivity contribution is 5.73. The highest BCUT2D eigenvalue weighted by Gasteiger charge is 2.25. The van der Waals surface area contributed by atoms with Gasteiger partial charge in [-0.25, -0.2) is 0 Å². The van der Waals surface area contributed by atoms with Crippen LogP contribution in [0.4, 0.5) is 0 Å². The van der Waals surface area contributed by atoms with Crippen LogP contribution in [0.15, 0.2) is 12.1 Å². The molecule has 0 saturated heterocycles. The summed E-state index contributed by atoms with van der Waals surface area (Å²) in [6.45, 7) is 4.43.